The molecule has 4 heteroatoms. The van der Waals surface area contributed by atoms with Crippen molar-refractivity contribution in [1.29, 1.82) is 0 Å². The van der Waals surface area contributed by atoms with E-state index in [9.17, 15) is 0 Å². The van der Waals surface area contributed by atoms with Gasteiger partial charge >= 0.3 is 0 Å². The fraction of sp³-hybridized carbons (Fsp3) is 0.333. The largest absolute Gasteiger partial charge is 0.350 e. The summed E-state index contributed by atoms with van der Waals surface area (Å²) in [6.07, 6.45) is 1.05. The molecule has 2 N–H and O–H groups in total. The zero-order valence-electron chi connectivity index (χ0n) is 11.6. The number of hydrogen-bond acceptors (Lipinski definition) is 4. The van der Waals surface area contributed by atoms with Gasteiger partial charge in [-0.15, -0.1) is 0 Å². The second kappa shape index (κ2) is 6.18. The number of pyridine rings is 2. The van der Waals surface area contributed by atoms with Crippen LogP contribution < -0.4 is 10.6 Å². The van der Waals surface area contributed by atoms with E-state index in [0.29, 0.717) is 0 Å². The lowest BCUT2D eigenvalue weighted by Crippen LogP contribution is -2.28. The maximum atomic E-state index is 4.45. The molecule has 2 rings (SSSR count). The van der Waals surface area contributed by atoms with E-state index < -0.39 is 0 Å². The molecule has 0 fully saturated rings. The Kier molecular flexibility index (Phi) is 4.34. The van der Waals surface area contributed by atoms with Crippen molar-refractivity contribution in [3.8, 4) is 0 Å². The lowest BCUT2D eigenvalue weighted by Gasteiger charge is -2.20. The molecule has 0 saturated heterocycles. The highest BCUT2D eigenvalue weighted by Crippen LogP contribution is 2.11. The van der Waals surface area contributed by atoms with Crippen LogP contribution >= 0.6 is 0 Å². The average Bonchev–Trinajstić information content (AvgIpc) is 2.38. The fourth-order valence-electron chi connectivity index (χ4n) is 1.84. The van der Waals surface area contributed by atoms with Crippen molar-refractivity contribution in [3.63, 3.8) is 0 Å². The van der Waals surface area contributed by atoms with E-state index in [1.54, 1.807) is 0 Å². The summed E-state index contributed by atoms with van der Waals surface area (Å²) in [5, 5.41) is 6.75. The molecule has 0 aliphatic heterocycles. The van der Waals surface area contributed by atoms with E-state index >= 15 is 0 Å². The van der Waals surface area contributed by atoms with Gasteiger partial charge in [-0.05, 0) is 44.5 Å². The number of nitrogens with zero attached hydrogens (tertiary/aromatic N) is 2. The predicted octanol–water partition coefficient (Wildman–Crippen LogP) is 3.35. The van der Waals surface area contributed by atoms with E-state index in [2.05, 4.69) is 27.5 Å². The highest BCUT2D eigenvalue weighted by Gasteiger charge is 2.07. The Morgan fingerprint density at radius 2 is 1.37 bits per heavy atom. The van der Waals surface area contributed by atoms with Crippen LogP contribution in [-0.4, -0.2) is 16.1 Å². The summed E-state index contributed by atoms with van der Waals surface area (Å²) in [4.78, 5) is 8.90. The quantitative estimate of drug-likeness (QED) is 0.805. The molecule has 0 aliphatic carbocycles. The fourth-order valence-corrected chi connectivity index (χ4v) is 1.84. The van der Waals surface area contributed by atoms with Gasteiger partial charge in [-0.3, -0.25) is 0 Å². The zero-order chi connectivity index (χ0) is 13.7. The van der Waals surface area contributed by atoms with Crippen LogP contribution in [0.4, 0.5) is 11.6 Å². The van der Waals surface area contributed by atoms with Crippen LogP contribution in [-0.2, 0) is 0 Å². The van der Waals surface area contributed by atoms with Crippen LogP contribution in [0, 0.1) is 13.8 Å². The molecule has 0 atom stereocenters. The Bertz CT molecular complexity index is 492. The van der Waals surface area contributed by atoms with Gasteiger partial charge in [0, 0.05) is 11.4 Å². The van der Waals surface area contributed by atoms with Crippen molar-refractivity contribution < 1.29 is 0 Å². The van der Waals surface area contributed by atoms with Crippen molar-refractivity contribution in [2.24, 2.45) is 0 Å². The predicted molar refractivity (Wildman–Crippen MR) is 79.3 cm³/mol. The smallest absolute Gasteiger partial charge is 0.127 e. The molecule has 0 spiro atoms. The molecule has 2 aromatic rings. The van der Waals surface area contributed by atoms with Crippen LogP contribution in [0.15, 0.2) is 36.4 Å². The molecule has 0 aliphatic rings. The molecule has 0 aromatic carbocycles. The summed E-state index contributed by atoms with van der Waals surface area (Å²) in [7, 11) is 0. The summed E-state index contributed by atoms with van der Waals surface area (Å²) in [6.45, 7) is 6.10. The lowest BCUT2D eigenvalue weighted by molar-refractivity contribution is 0.767. The second-order valence-corrected chi connectivity index (χ2v) is 4.58. The Balaban J connectivity index is 2.04. The SMILES string of the molecule is CCC(Nc1cccc(C)n1)Nc1cccc(C)n1. The van der Waals surface area contributed by atoms with Crippen LogP contribution in [0.5, 0.6) is 0 Å². The van der Waals surface area contributed by atoms with Gasteiger partial charge < -0.3 is 10.6 Å². The van der Waals surface area contributed by atoms with Gasteiger partial charge in [0.05, 0.1) is 6.17 Å². The summed E-state index contributed by atoms with van der Waals surface area (Å²) in [6, 6.07) is 11.9. The van der Waals surface area contributed by atoms with Crippen molar-refractivity contribution in [2.75, 3.05) is 10.6 Å². The van der Waals surface area contributed by atoms with Gasteiger partial charge in [-0.2, -0.15) is 0 Å². The normalized spacial score (nSPS) is 10.5. The van der Waals surface area contributed by atoms with E-state index in [1.165, 1.54) is 0 Å². The third-order valence-electron chi connectivity index (χ3n) is 2.83. The molecule has 2 aromatic heterocycles. The third kappa shape index (κ3) is 3.95. The molecule has 100 valence electrons. The molecular formula is C15H20N4. The van der Waals surface area contributed by atoms with Crippen LogP contribution in [0.2, 0.25) is 0 Å². The standard InChI is InChI=1S/C15H20N4/c1-4-13(18-14-9-5-7-11(2)16-14)19-15-10-6-8-12(3)17-15/h5-10,13H,4H2,1-3H3,(H,16,18)(H,17,19). The molecule has 2 heterocycles. The van der Waals surface area contributed by atoms with Gasteiger partial charge in [0.25, 0.3) is 0 Å². The first kappa shape index (κ1) is 13.3. The first-order valence-electron chi connectivity index (χ1n) is 6.58. The zero-order valence-corrected chi connectivity index (χ0v) is 11.6. The Morgan fingerprint density at radius 3 is 1.74 bits per heavy atom. The first-order chi connectivity index (χ1) is 9.17. The monoisotopic (exact) mass is 256 g/mol. The maximum absolute atomic E-state index is 4.45. The molecule has 19 heavy (non-hydrogen) atoms. The second-order valence-electron chi connectivity index (χ2n) is 4.58. The van der Waals surface area contributed by atoms with E-state index in [-0.39, 0.29) is 6.17 Å². The van der Waals surface area contributed by atoms with Crippen molar-refractivity contribution >= 4 is 11.6 Å². The van der Waals surface area contributed by atoms with Gasteiger partial charge in [-0.1, -0.05) is 19.1 Å². The van der Waals surface area contributed by atoms with Gasteiger partial charge in [0.1, 0.15) is 11.6 Å². The maximum Gasteiger partial charge on any atom is 0.127 e. The molecular weight excluding hydrogens is 236 g/mol. The number of hydrogen-bond donors (Lipinski definition) is 2. The summed E-state index contributed by atoms with van der Waals surface area (Å²) >= 11 is 0. The van der Waals surface area contributed by atoms with Gasteiger partial charge in [0.15, 0.2) is 0 Å². The van der Waals surface area contributed by atoms with Crippen LogP contribution in [0.25, 0.3) is 0 Å². The summed E-state index contributed by atoms with van der Waals surface area (Å²) in [5.41, 5.74) is 2.02. The Hall–Kier alpha value is -2.10. The Labute approximate surface area is 114 Å². The molecule has 4 nitrogen and oxygen atoms in total. The molecule has 0 bridgehead atoms. The highest BCUT2D eigenvalue weighted by atomic mass is 15.2. The third-order valence-corrected chi connectivity index (χ3v) is 2.83. The lowest BCUT2D eigenvalue weighted by atomic mass is 10.3. The number of aromatic nitrogens is 2. The molecule has 0 unspecified atom stereocenters. The van der Waals surface area contributed by atoms with Crippen molar-refractivity contribution in [3.05, 3.63) is 47.8 Å². The Morgan fingerprint density at radius 1 is 0.895 bits per heavy atom. The van der Waals surface area contributed by atoms with Crippen molar-refractivity contribution in [1.82, 2.24) is 9.97 Å². The van der Waals surface area contributed by atoms with E-state index in [0.717, 1.165) is 29.4 Å². The van der Waals surface area contributed by atoms with Gasteiger partial charge in [-0.25, -0.2) is 9.97 Å². The minimum absolute atomic E-state index is 0.114. The minimum Gasteiger partial charge on any atom is -0.350 e. The molecule has 0 radical (unpaired) electrons. The van der Waals surface area contributed by atoms with Crippen molar-refractivity contribution in [2.45, 2.75) is 33.4 Å². The number of rotatable bonds is 5. The average molecular weight is 256 g/mol. The van der Waals surface area contributed by atoms with E-state index in [1.807, 2.05) is 50.2 Å². The first-order valence-corrected chi connectivity index (χ1v) is 6.58. The summed E-state index contributed by atoms with van der Waals surface area (Å²) < 4.78 is 0. The number of anilines is 2. The molecule has 0 saturated carbocycles. The van der Waals surface area contributed by atoms with E-state index in [4.69, 9.17) is 0 Å². The molecule has 0 amide bonds. The van der Waals surface area contributed by atoms with Crippen LogP contribution in [0.3, 0.4) is 0 Å². The minimum atomic E-state index is 0.114. The van der Waals surface area contributed by atoms with Gasteiger partial charge in [0.2, 0.25) is 0 Å². The number of nitrogens with one attached hydrogen (secondary N) is 2. The topological polar surface area (TPSA) is 49.8 Å². The summed E-state index contributed by atoms with van der Waals surface area (Å²) in [5.74, 6) is 1.76. The number of aryl methyl sites for hydroxylation is 2. The van der Waals surface area contributed by atoms with Crippen LogP contribution in [0.1, 0.15) is 24.7 Å². The highest BCUT2D eigenvalue weighted by molar-refractivity contribution is 5.42.